The number of hydrogen-bond donors (Lipinski definition) is 0. The molecule has 0 aromatic rings. The van der Waals surface area contributed by atoms with Crippen molar-refractivity contribution in [2.24, 2.45) is 0 Å². The highest BCUT2D eigenvalue weighted by Crippen LogP contribution is 1.96. The first-order chi connectivity index (χ1) is 4.77. The Labute approximate surface area is 61.2 Å². The van der Waals surface area contributed by atoms with E-state index in [0.29, 0.717) is 6.42 Å². The molecule has 0 atom stereocenters. The number of allylic oxidation sites excluding steroid dienone is 2. The van der Waals surface area contributed by atoms with E-state index in [-0.39, 0.29) is 5.78 Å². The molecule has 0 bridgehead atoms. The molecular formula is C8H11NO. The molecule has 0 rings (SSSR count). The molecule has 0 saturated heterocycles. The summed E-state index contributed by atoms with van der Waals surface area (Å²) >= 11 is 0. The molecular weight excluding hydrogens is 126 g/mol. The fourth-order valence-electron chi connectivity index (χ4n) is 0.605. The second kappa shape index (κ2) is 6.03. The van der Waals surface area contributed by atoms with Gasteiger partial charge in [-0.15, -0.1) is 0 Å². The van der Waals surface area contributed by atoms with Gasteiger partial charge in [0.25, 0.3) is 0 Å². The summed E-state index contributed by atoms with van der Waals surface area (Å²) in [5, 5.41) is 8.07. The summed E-state index contributed by atoms with van der Waals surface area (Å²) in [7, 11) is 0. The predicted octanol–water partition coefficient (Wildman–Crippen LogP) is 1.83. The van der Waals surface area contributed by atoms with Crippen LogP contribution in [-0.4, -0.2) is 5.78 Å². The summed E-state index contributed by atoms with van der Waals surface area (Å²) in [5.74, 6) is 0.213. The Bertz CT molecular complexity index is 165. The molecule has 0 radical (unpaired) electrons. The van der Waals surface area contributed by atoms with Gasteiger partial charge in [0.2, 0.25) is 0 Å². The van der Waals surface area contributed by atoms with Crippen LogP contribution in [0.1, 0.15) is 26.2 Å². The highest BCUT2D eigenvalue weighted by Gasteiger charge is 1.89. The predicted molar refractivity (Wildman–Crippen MR) is 39.3 cm³/mol. The number of carbonyl (C=O) groups excluding carboxylic acids is 1. The summed E-state index contributed by atoms with van der Waals surface area (Å²) in [6.07, 6.45) is 5.53. The van der Waals surface area contributed by atoms with Gasteiger partial charge < -0.3 is 4.79 Å². The normalized spacial score (nSPS) is 9.60. The third-order valence-electron chi connectivity index (χ3n) is 1.09. The number of hydrogen-bond acceptors (Lipinski definition) is 2. The molecule has 0 aromatic heterocycles. The molecule has 2 nitrogen and oxygen atoms in total. The summed E-state index contributed by atoms with van der Waals surface area (Å²) < 4.78 is 0. The molecule has 54 valence electrons. The minimum absolute atomic E-state index is 0.213. The standard InChI is InChI=1S/C8H11NO/c1-8(10)6-4-2-3-5-7-9/h3,5H,2,4,6H2,1H3/b5-3+. The molecule has 0 heterocycles. The van der Waals surface area contributed by atoms with Gasteiger partial charge in [0.1, 0.15) is 5.78 Å². The average molecular weight is 137 g/mol. The highest BCUT2D eigenvalue weighted by atomic mass is 16.1. The molecule has 0 unspecified atom stereocenters. The Morgan fingerprint density at radius 3 is 2.90 bits per heavy atom. The first-order valence-corrected chi connectivity index (χ1v) is 3.31. The fraction of sp³-hybridized carbons (Fsp3) is 0.500. The van der Waals surface area contributed by atoms with Crippen LogP contribution in [0.4, 0.5) is 0 Å². The maximum Gasteiger partial charge on any atom is 0.129 e. The van der Waals surface area contributed by atoms with Gasteiger partial charge >= 0.3 is 0 Å². The summed E-state index contributed by atoms with van der Waals surface area (Å²) in [6.45, 7) is 1.58. The van der Waals surface area contributed by atoms with Crippen molar-refractivity contribution in [3.63, 3.8) is 0 Å². The quantitative estimate of drug-likeness (QED) is 0.438. The largest absolute Gasteiger partial charge is 0.300 e. The van der Waals surface area contributed by atoms with Crippen LogP contribution in [-0.2, 0) is 4.79 Å². The number of carbonyl (C=O) groups is 1. The molecule has 0 aliphatic carbocycles. The van der Waals surface area contributed by atoms with Crippen molar-refractivity contribution < 1.29 is 4.79 Å². The molecule has 0 spiro atoms. The van der Waals surface area contributed by atoms with E-state index in [1.54, 1.807) is 13.0 Å². The Balaban J connectivity index is 3.15. The molecule has 0 amide bonds. The van der Waals surface area contributed by atoms with Crippen molar-refractivity contribution in [2.75, 3.05) is 0 Å². The lowest BCUT2D eigenvalue weighted by atomic mass is 10.2. The van der Waals surface area contributed by atoms with E-state index in [4.69, 9.17) is 5.26 Å². The number of rotatable bonds is 4. The van der Waals surface area contributed by atoms with Gasteiger partial charge in [0, 0.05) is 12.5 Å². The van der Waals surface area contributed by atoms with Crippen molar-refractivity contribution in [1.82, 2.24) is 0 Å². The van der Waals surface area contributed by atoms with Crippen LogP contribution in [0.2, 0.25) is 0 Å². The van der Waals surface area contributed by atoms with Gasteiger partial charge in [-0.25, -0.2) is 0 Å². The lowest BCUT2D eigenvalue weighted by molar-refractivity contribution is -0.117. The first-order valence-electron chi connectivity index (χ1n) is 3.31. The number of ketones is 1. The maximum absolute atomic E-state index is 10.4. The number of Topliss-reactive ketones (excluding diaryl/α,β-unsaturated/α-hetero) is 1. The topological polar surface area (TPSA) is 40.9 Å². The minimum Gasteiger partial charge on any atom is -0.300 e. The molecule has 10 heavy (non-hydrogen) atoms. The average Bonchev–Trinajstić information content (AvgIpc) is 1.87. The zero-order valence-electron chi connectivity index (χ0n) is 6.13. The van der Waals surface area contributed by atoms with E-state index in [0.717, 1.165) is 12.8 Å². The first kappa shape index (κ1) is 8.90. The molecule has 0 aromatic carbocycles. The second-order valence-corrected chi connectivity index (χ2v) is 2.13. The molecule has 0 fully saturated rings. The van der Waals surface area contributed by atoms with Gasteiger partial charge in [-0.1, -0.05) is 6.08 Å². The summed E-state index contributed by atoms with van der Waals surface area (Å²) in [5.41, 5.74) is 0. The van der Waals surface area contributed by atoms with Crippen LogP contribution in [0, 0.1) is 11.3 Å². The number of nitriles is 1. The van der Waals surface area contributed by atoms with E-state index >= 15 is 0 Å². The number of nitrogens with zero attached hydrogens (tertiary/aromatic N) is 1. The molecule has 0 aliphatic heterocycles. The number of unbranched alkanes of at least 4 members (excludes halogenated alkanes) is 1. The van der Waals surface area contributed by atoms with E-state index in [9.17, 15) is 4.79 Å². The van der Waals surface area contributed by atoms with Crippen molar-refractivity contribution >= 4 is 5.78 Å². The Hall–Kier alpha value is -1.10. The van der Waals surface area contributed by atoms with Crippen molar-refractivity contribution in [3.05, 3.63) is 12.2 Å². The van der Waals surface area contributed by atoms with Gasteiger partial charge in [-0.3, -0.25) is 0 Å². The van der Waals surface area contributed by atoms with Crippen molar-refractivity contribution in [1.29, 1.82) is 5.26 Å². The second-order valence-electron chi connectivity index (χ2n) is 2.13. The third kappa shape index (κ3) is 6.90. The van der Waals surface area contributed by atoms with E-state index < -0.39 is 0 Å². The molecule has 0 aliphatic rings. The van der Waals surface area contributed by atoms with E-state index in [2.05, 4.69) is 0 Å². The van der Waals surface area contributed by atoms with Crippen LogP contribution in [0.5, 0.6) is 0 Å². The monoisotopic (exact) mass is 137 g/mol. The van der Waals surface area contributed by atoms with E-state index in [1.165, 1.54) is 6.08 Å². The Morgan fingerprint density at radius 2 is 2.40 bits per heavy atom. The molecule has 0 saturated carbocycles. The van der Waals surface area contributed by atoms with Gasteiger partial charge in [0.15, 0.2) is 0 Å². The zero-order chi connectivity index (χ0) is 7.82. The van der Waals surface area contributed by atoms with Crippen LogP contribution < -0.4 is 0 Å². The SMILES string of the molecule is CC(=O)CCC/C=C/C#N. The third-order valence-corrected chi connectivity index (χ3v) is 1.09. The molecule has 2 heteroatoms. The zero-order valence-corrected chi connectivity index (χ0v) is 6.13. The lowest BCUT2D eigenvalue weighted by Gasteiger charge is -1.88. The fourth-order valence-corrected chi connectivity index (χ4v) is 0.605. The van der Waals surface area contributed by atoms with E-state index in [1.807, 2.05) is 6.07 Å². The molecule has 0 N–H and O–H groups in total. The van der Waals surface area contributed by atoms with Crippen LogP contribution in [0.25, 0.3) is 0 Å². The summed E-state index contributed by atoms with van der Waals surface area (Å²) in [4.78, 5) is 10.4. The lowest BCUT2D eigenvalue weighted by Crippen LogP contribution is -1.87. The van der Waals surface area contributed by atoms with Gasteiger partial charge in [0.05, 0.1) is 6.07 Å². The Kier molecular flexibility index (Phi) is 5.36. The Morgan fingerprint density at radius 1 is 1.70 bits per heavy atom. The minimum atomic E-state index is 0.213. The highest BCUT2D eigenvalue weighted by molar-refractivity contribution is 5.75. The van der Waals surface area contributed by atoms with Gasteiger partial charge in [-0.2, -0.15) is 5.26 Å². The van der Waals surface area contributed by atoms with Gasteiger partial charge in [-0.05, 0) is 19.8 Å². The van der Waals surface area contributed by atoms with Crippen LogP contribution in [0.3, 0.4) is 0 Å². The van der Waals surface area contributed by atoms with Crippen molar-refractivity contribution in [3.8, 4) is 6.07 Å². The summed E-state index contributed by atoms with van der Waals surface area (Å²) in [6, 6.07) is 1.89. The smallest absolute Gasteiger partial charge is 0.129 e. The maximum atomic E-state index is 10.4. The van der Waals surface area contributed by atoms with Crippen molar-refractivity contribution in [2.45, 2.75) is 26.2 Å². The van der Waals surface area contributed by atoms with Crippen LogP contribution in [0.15, 0.2) is 12.2 Å². The van der Waals surface area contributed by atoms with Crippen LogP contribution >= 0.6 is 0 Å².